The van der Waals surface area contributed by atoms with Gasteiger partial charge in [-0.1, -0.05) is 38.5 Å². The zero-order chi connectivity index (χ0) is 14.6. The van der Waals surface area contributed by atoms with Gasteiger partial charge in [-0.3, -0.25) is 0 Å². The van der Waals surface area contributed by atoms with E-state index in [0.29, 0.717) is 5.56 Å². The first-order valence-corrected chi connectivity index (χ1v) is 6.36. The SMILES string of the molecule is CCC(C)C(O)C(CN)c1cccc(C(F)(F)F)c1. The van der Waals surface area contributed by atoms with Crippen molar-refractivity contribution < 1.29 is 18.3 Å². The van der Waals surface area contributed by atoms with E-state index in [1.807, 2.05) is 13.8 Å². The molecule has 0 spiro atoms. The van der Waals surface area contributed by atoms with Crippen LogP contribution in [0.4, 0.5) is 13.2 Å². The molecule has 2 nitrogen and oxygen atoms in total. The van der Waals surface area contributed by atoms with Crippen LogP contribution in [-0.2, 0) is 6.18 Å². The molecule has 3 N–H and O–H groups in total. The van der Waals surface area contributed by atoms with Gasteiger partial charge in [0.2, 0.25) is 0 Å². The van der Waals surface area contributed by atoms with E-state index in [1.165, 1.54) is 6.07 Å². The molecule has 0 heterocycles. The third-order valence-corrected chi connectivity index (χ3v) is 3.54. The molecule has 3 unspecified atom stereocenters. The summed E-state index contributed by atoms with van der Waals surface area (Å²) < 4.78 is 38.0. The minimum absolute atomic E-state index is 0.0110. The third-order valence-electron chi connectivity index (χ3n) is 3.54. The summed E-state index contributed by atoms with van der Waals surface area (Å²) in [7, 11) is 0. The Balaban J connectivity index is 3.06. The number of hydrogen-bond acceptors (Lipinski definition) is 2. The van der Waals surface area contributed by atoms with Gasteiger partial charge in [0.1, 0.15) is 0 Å². The Labute approximate surface area is 111 Å². The number of halogens is 3. The van der Waals surface area contributed by atoms with Crippen LogP contribution in [0.5, 0.6) is 0 Å². The molecule has 0 saturated heterocycles. The Kier molecular flexibility index (Phi) is 5.38. The molecule has 1 aromatic rings. The quantitative estimate of drug-likeness (QED) is 0.867. The average Bonchev–Trinajstić information content (AvgIpc) is 2.38. The van der Waals surface area contributed by atoms with Crippen LogP contribution in [0.15, 0.2) is 24.3 Å². The van der Waals surface area contributed by atoms with Gasteiger partial charge in [-0.15, -0.1) is 0 Å². The van der Waals surface area contributed by atoms with Crippen molar-refractivity contribution in [3.05, 3.63) is 35.4 Å². The summed E-state index contributed by atoms with van der Waals surface area (Å²) in [6.07, 6.45) is -4.37. The summed E-state index contributed by atoms with van der Waals surface area (Å²) in [6.45, 7) is 3.90. The van der Waals surface area contributed by atoms with Crippen LogP contribution in [0.25, 0.3) is 0 Å². The van der Waals surface area contributed by atoms with E-state index in [2.05, 4.69) is 0 Å². The van der Waals surface area contributed by atoms with Gasteiger partial charge >= 0.3 is 6.18 Å². The smallest absolute Gasteiger partial charge is 0.392 e. The highest BCUT2D eigenvalue weighted by Gasteiger charge is 2.32. The van der Waals surface area contributed by atoms with E-state index in [-0.39, 0.29) is 12.5 Å². The predicted molar refractivity (Wildman–Crippen MR) is 68.7 cm³/mol. The van der Waals surface area contributed by atoms with E-state index in [0.717, 1.165) is 18.6 Å². The first kappa shape index (κ1) is 16.0. The van der Waals surface area contributed by atoms with Gasteiger partial charge in [-0.2, -0.15) is 13.2 Å². The standard InChI is InChI=1S/C14H20F3NO/c1-3-9(2)13(19)12(8-18)10-5-4-6-11(7-10)14(15,16)17/h4-7,9,12-13,19H,3,8,18H2,1-2H3. The molecule has 0 radical (unpaired) electrons. The number of benzene rings is 1. The first-order valence-electron chi connectivity index (χ1n) is 6.36. The second-order valence-corrected chi connectivity index (χ2v) is 4.84. The highest BCUT2D eigenvalue weighted by molar-refractivity contribution is 5.29. The molecule has 0 aromatic heterocycles. The fraction of sp³-hybridized carbons (Fsp3) is 0.571. The highest BCUT2D eigenvalue weighted by Crippen LogP contribution is 2.32. The second kappa shape index (κ2) is 6.39. The van der Waals surface area contributed by atoms with Crippen LogP contribution in [0.2, 0.25) is 0 Å². The van der Waals surface area contributed by atoms with Crippen LogP contribution >= 0.6 is 0 Å². The number of alkyl halides is 3. The van der Waals surface area contributed by atoms with Crippen molar-refractivity contribution in [3.8, 4) is 0 Å². The van der Waals surface area contributed by atoms with Gasteiger partial charge < -0.3 is 10.8 Å². The van der Waals surface area contributed by atoms with Gasteiger partial charge in [0.15, 0.2) is 0 Å². The summed E-state index contributed by atoms with van der Waals surface area (Å²) in [5, 5.41) is 10.2. The zero-order valence-electron chi connectivity index (χ0n) is 11.1. The van der Waals surface area contributed by atoms with Crippen LogP contribution in [0.1, 0.15) is 37.3 Å². The normalized spacial score (nSPS) is 17.0. The summed E-state index contributed by atoms with van der Waals surface area (Å²) in [5.41, 5.74) is 5.34. The van der Waals surface area contributed by atoms with E-state index in [1.54, 1.807) is 6.07 Å². The van der Waals surface area contributed by atoms with Crippen LogP contribution in [0.3, 0.4) is 0 Å². The predicted octanol–water partition coefficient (Wildman–Crippen LogP) is 3.15. The van der Waals surface area contributed by atoms with Crippen LogP contribution in [0, 0.1) is 5.92 Å². The number of aliphatic hydroxyl groups is 1. The van der Waals surface area contributed by atoms with Crippen LogP contribution in [-0.4, -0.2) is 17.8 Å². The molecule has 3 atom stereocenters. The monoisotopic (exact) mass is 275 g/mol. The Hall–Kier alpha value is -1.07. The van der Waals surface area contributed by atoms with Gasteiger partial charge in [-0.25, -0.2) is 0 Å². The topological polar surface area (TPSA) is 46.2 Å². The van der Waals surface area contributed by atoms with Crippen molar-refractivity contribution in [2.24, 2.45) is 11.7 Å². The minimum atomic E-state index is -4.38. The zero-order valence-corrected chi connectivity index (χ0v) is 11.1. The Morgan fingerprint density at radius 3 is 2.42 bits per heavy atom. The fourth-order valence-electron chi connectivity index (χ4n) is 2.06. The van der Waals surface area contributed by atoms with Gasteiger partial charge in [0.05, 0.1) is 11.7 Å². The Bertz CT molecular complexity index is 406. The molecule has 0 saturated carbocycles. The molecule has 0 amide bonds. The Morgan fingerprint density at radius 2 is 1.95 bits per heavy atom. The first-order chi connectivity index (χ1) is 8.81. The molecule has 0 aliphatic carbocycles. The van der Waals surface area contributed by atoms with Crippen molar-refractivity contribution in [3.63, 3.8) is 0 Å². The van der Waals surface area contributed by atoms with Crippen molar-refractivity contribution >= 4 is 0 Å². The van der Waals surface area contributed by atoms with E-state index in [4.69, 9.17) is 5.73 Å². The third kappa shape index (κ3) is 3.94. The summed E-state index contributed by atoms with van der Waals surface area (Å²) >= 11 is 0. The van der Waals surface area contributed by atoms with Crippen molar-refractivity contribution in [1.82, 2.24) is 0 Å². The summed E-state index contributed by atoms with van der Waals surface area (Å²) in [6, 6.07) is 5.03. The molecule has 108 valence electrons. The molecular weight excluding hydrogens is 255 g/mol. The molecule has 5 heteroatoms. The lowest BCUT2D eigenvalue weighted by molar-refractivity contribution is -0.137. The summed E-state index contributed by atoms with van der Waals surface area (Å²) in [4.78, 5) is 0. The van der Waals surface area contributed by atoms with Gasteiger partial charge in [0.25, 0.3) is 0 Å². The van der Waals surface area contributed by atoms with Gasteiger partial charge in [-0.05, 0) is 17.5 Å². The molecule has 19 heavy (non-hydrogen) atoms. The number of rotatable bonds is 5. The lowest BCUT2D eigenvalue weighted by Gasteiger charge is -2.27. The average molecular weight is 275 g/mol. The van der Waals surface area contributed by atoms with Crippen molar-refractivity contribution in [2.75, 3.05) is 6.54 Å². The second-order valence-electron chi connectivity index (χ2n) is 4.84. The number of aliphatic hydroxyl groups excluding tert-OH is 1. The minimum Gasteiger partial charge on any atom is -0.392 e. The maximum Gasteiger partial charge on any atom is 0.416 e. The molecule has 1 aromatic carbocycles. The molecule has 0 fully saturated rings. The van der Waals surface area contributed by atoms with Crippen LogP contribution < -0.4 is 5.73 Å². The molecule has 0 aliphatic rings. The van der Waals surface area contributed by atoms with Gasteiger partial charge in [0, 0.05) is 12.5 Å². The molecule has 0 bridgehead atoms. The van der Waals surface area contributed by atoms with E-state index >= 15 is 0 Å². The highest BCUT2D eigenvalue weighted by atomic mass is 19.4. The molecule has 0 aliphatic heterocycles. The largest absolute Gasteiger partial charge is 0.416 e. The number of hydrogen-bond donors (Lipinski definition) is 2. The molecule has 1 rings (SSSR count). The lowest BCUT2D eigenvalue weighted by Crippen LogP contribution is -2.31. The maximum absolute atomic E-state index is 12.7. The Morgan fingerprint density at radius 1 is 1.32 bits per heavy atom. The fourth-order valence-corrected chi connectivity index (χ4v) is 2.06. The summed E-state index contributed by atoms with van der Waals surface area (Å²) in [5.74, 6) is -0.486. The van der Waals surface area contributed by atoms with Crippen molar-refractivity contribution in [2.45, 2.75) is 38.5 Å². The lowest BCUT2D eigenvalue weighted by atomic mass is 9.85. The van der Waals surface area contributed by atoms with E-state index < -0.39 is 23.8 Å². The molecular formula is C14H20F3NO. The number of nitrogens with two attached hydrogens (primary N) is 1. The maximum atomic E-state index is 12.7. The van der Waals surface area contributed by atoms with Crippen molar-refractivity contribution in [1.29, 1.82) is 0 Å². The van der Waals surface area contributed by atoms with E-state index in [9.17, 15) is 18.3 Å².